The first-order valence-corrected chi connectivity index (χ1v) is 13.3. The molecular weight excluding hydrogens is 492 g/mol. The Morgan fingerprint density at radius 3 is 2.43 bits per heavy atom. The molecule has 0 saturated heterocycles. The SMILES string of the molecule is CCCCc1ncc(C=C(c2ccsc2CCC(=O)O)S(=O)(=O)O)n1Cc1ccc(C(=O)O)cc1. The van der Waals surface area contributed by atoms with Crippen LogP contribution >= 0.6 is 11.3 Å². The van der Waals surface area contributed by atoms with Crippen molar-refractivity contribution in [2.45, 2.75) is 45.6 Å². The number of carbonyl (C=O) groups is 2. The highest BCUT2D eigenvalue weighted by molar-refractivity contribution is 7.95. The third kappa shape index (κ3) is 6.87. The fourth-order valence-electron chi connectivity index (χ4n) is 3.60. The van der Waals surface area contributed by atoms with Gasteiger partial charge >= 0.3 is 11.9 Å². The minimum absolute atomic E-state index is 0.131. The van der Waals surface area contributed by atoms with E-state index in [0.29, 0.717) is 23.5 Å². The van der Waals surface area contributed by atoms with Crippen LogP contribution in [0.25, 0.3) is 11.0 Å². The van der Waals surface area contributed by atoms with E-state index in [-0.39, 0.29) is 28.9 Å². The summed E-state index contributed by atoms with van der Waals surface area (Å²) in [4.78, 5) is 26.8. The molecule has 0 aliphatic rings. The monoisotopic (exact) mass is 518 g/mol. The van der Waals surface area contributed by atoms with Crippen LogP contribution in [0, 0.1) is 0 Å². The molecule has 2 heterocycles. The number of carboxylic acid groups (broad SMARTS) is 2. The molecule has 11 heteroatoms. The van der Waals surface area contributed by atoms with Crippen molar-refractivity contribution >= 4 is 44.4 Å². The lowest BCUT2D eigenvalue weighted by atomic mass is 10.1. The van der Waals surface area contributed by atoms with E-state index in [0.717, 1.165) is 24.2 Å². The van der Waals surface area contributed by atoms with E-state index in [2.05, 4.69) is 4.98 Å². The van der Waals surface area contributed by atoms with Gasteiger partial charge in [-0.05, 0) is 48.1 Å². The minimum Gasteiger partial charge on any atom is -0.481 e. The van der Waals surface area contributed by atoms with Gasteiger partial charge in [0.15, 0.2) is 0 Å². The molecule has 0 radical (unpaired) electrons. The largest absolute Gasteiger partial charge is 0.481 e. The Bertz CT molecular complexity index is 1340. The second-order valence-electron chi connectivity index (χ2n) is 7.93. The van der Waals surface area contributed by atoms with Crippen LogP contribution < -0.4 is 0 Å². The van der Waals surface area contributed by atoms with Gasteiger partial charge in [-0.3, -0.25) is 9.35 Å². The third-order valence-electron chi connectivity index (χ3n) is 5.40. The highest BCUT2D eigenvalue weighted by Gasteiger charge is 2.22. The lowest BCUT2D eigenvalue weighted by molar-refractivity contribution is -0.136. The molecule has 0 atom stereocenters. The van der Waals surface area contributed by atoms with Gasteiger partial charge in [0.1, 0.15) is 10.7 Å². The van der Waals surface area contributed by atoms with E-state index in [1.807, 2.05) is 11.5 Å². The van der Waals surface area contributed by atoms with Gasteiger partial charge in [0.25, 0.3) is 10.1 Å². The quantitative estimate of drug-likeness (QED) is 0.298. The van der Waals surface area contributed by atoms with Crippen LogP contribution in [0.4, 0.5) is 0 Å². The first-order valence-electron chi connectivity index (χ1n) is 10.9. The van der Waals surface area contributed by atoms with Crippen molar-refractivity contribution in [1.29, 1.82) is 0 Å². The zero-order valence-electron chi connectivity index (χ0n) is 19.0. The van der Waals surface area contributed by atoms with Crippen molar-refractivity contribution in [2.75, 3.05) is 0 Å². The summed E-state index contributed by atoms with van der Waals surface area (Å²) in [6.45, 7) is 2.36. The summed E-state index contributed by atoms with van der Waals surface area (Å²) in [7, 11) is -4.65. The maximum Gasteiger partial charge on any atom is 0.335 e. The van der Waals surface area contributed by atoms with Crippen LogP contribution in [0.2, 0.25) is 0 Å². The summed E-state index contributed by atoms with van der Waals surface area (Å²) in [5.74, 6) is -1.31. The number of imidazole rings is 1. The van der Waals surface area contributed by atoms with Crippen LogP contribution in [0.15, 0.2) is 41.9 Å². The predicted octanol–water partition coefficient (Wildman–Crippen LogP) is 4.44. The van der Waals surface area contributed by atoms with Gasteiger partial charge in [-0.1, -0.05) is 25.5 Å². The van der Waals surface area contributed by atoms with Crippen molar-refractivity contribution in [2.24, 2.45) is 0 Å². The first kappa shape index (κ1) is 26.3. The van der Waals surface area contributed by atoms with Gasteiger partial charge in [0.2, 0.25) is 0 Å². The van der Waals surface area contributed by atoms with Gasteiger partial charge in [0.05, 0.1) is 23.9 Å². The third-order valence-corrected chi connectivity index (χ3v) is 7.27. The molecule has 0 aliphatic heterocycles. The number of aliphatic carboxylic acids is 1. The Hall–Kier alpha value is -3.28. The molecule has 1 aromatic carbocycles. The molecule has 3 aromatic rings. The minimum atomic E-state index is -4.65. The molecule has 0 amide bonds. The molecule has 3 N–H and O–H groups in total. The number of thiophene rings is 1. The van der Waals surface area contributed by atoms with Gasteiger partial charge in [-0.25, -0.2) is 9.78 Å². The number of rotatable bonds is 12. The van der Waals surface area contributed by atoms with Crippen LogP contribution in [0.3, 0.4) is 0 Å². The molecule has 0 fully saturated rings. The van der Waals surface area contributed by atoms with Gasteiger partial charge < -0.3 is 14.8 Å². The predicted molar refractivity (Wildman–Crippen MR) is 133 cm³/mol. The van der Waals surface area contributed by atoms with Crippen molar-refractivity contribution in [3.05, 3.63) is 75.0 Å². The summed E-state index contributed by atoms with van der Waals surface area (Å²) in [6.07, 6.45) is 5.29. The number of carboxylic acids is 2. The summed E-state index contributed by atoms with van der Waals surface area (Å²) in [5.41, 5.74) is 1.66. The Balaban J connectivity index is 2.07. The molecule has 35 heavy (non-hydrogen) atoms. The maximum absolute atomic E-state index is 12.4. The van der Waals surface area contributed by atoms with Crippen molar-refractivity contribution in [3.63, 3.8) is 0 Å². The number of benzene rings is 1. The smallest absolute Gasteiger partial charge is 0.335 e. The molecule has 9 nitrogen and oxygen atoms in total. The normalized spacial score (nSPS) is 12.1. The molecule has 186 valence electrons. The molecule has 0 unspecified atom stereocenters. The molecule has 0 bridgehead atoms. The zero-order chi connectivity index (χ0) is 25.6. The number of hydrogen-bond donors (Lipinski definition) is 3. The topological polar surface area (TPSA) is 147 Å². The van der Waals surface area contributed by atoms with Crippen LogP contribution in [-0.2, 0) is 34.3 Å². The summed E-state index contributed by atoms with van der Waals surface area (Å²) < 4.78 is 36.6. The van der Waals surface area contributed by atoms with Crippen molar-refractivity contribution in [1.82, 2.24) is 9.55 Å². The maximum atomic E-state index is 12.4. The Morgan fingerprint density at radius 1 is 1.11 bits per heavy atom. The molecule has 0 aliphatic carbocycles. The standard InChI is InChI=1S/C24H26N2O7S2/c1-2-3-4-22-25-14-18(26(22)15-16-5-7-17(8-6-16)24(29)30)13-21(35(31,32)33)19-11-12-34-20(19)9-10-23(27)28/h5-8,11-14H,2-4,9-10,15H2,1H3,(H,27,28)(H,29,30)(H,31,32,33). The fourth-order valence-corrected chi connectivity index (χ4v) is 5.29. The number of nitrogens with zero attached hydrogens (tertiary/aromatic N) is 2. The summed E-state index contributed by atoms with van der Waals surface area (Å²) in [5, 5.41) is 19.8. The highest BCUT2D eigenvalue weighted by atomic mass is 32.2. The van der Waals surface area contributed by atoms with Crippen molar-refractivity contribution < 1.29 is 32.8 Å². The average molecular weight is 519 g/mol. The van der Waals surface area contributed by atoms with E-state index in [1.165, 1.54) is 35.7 Å². The molecule has 2 aromatic heterocycles. The van der Waals surface area contributed by atoms with Gasteiger partial charge in [-0.15, -0.1) is 11.3 Å². The summed E-state index contributed by atoms with van der Waals surface area (Å²) in [6, 6.07) is 7.92. The van der Waals surface area contributed by atoms with E-state index in [9.17, 15) is 22.6 Å². The van der Waals surface area contributed by atoms with Gasteiger partial charge in [-0.2, -0.15) is 8.42 Å². The number of aromatic carboxylic acids is 1. The number of aromatic nitrogens is 2. The fraction of sp³-hybridized carbons (Fsp3) is 0.292. The second-order valence-corrected chi connectivity index (χ2v) is 10.3. The molecule has 0 saturated carbocycles. The Morgan fingerprint density at radius 2 is 1.83 bits per heavy atom. The number of unbranched alkanes of at least 4 members (excludes halogenated alkanes) is 1. The first-order chi connectivity index (χ1) is 16.6. The van der Waals surface area contributed by atoms with Crippen LogP contribution in [-0.4, -0.2) is 44.7 Å². The van der Waals surface area contributed by atoms with Crippen LogP contribution in [0.1, 0.15) is 64.1 Å². The molecule has 0 spiro atoms. The summed E-state index contributed by atoms with van der Waals surface area (Å²) >= 11 is 1.22. The average Bonchev–Trinajstić information content (AvgIpc) is 3.40. The zero-order valence-corrected chi connectivity index (χ0v) is 20.7. The van der Waals surface area contributed by atoms with Crippen molar-refractivity contribution in [3.8, 4) is 0 Å². The van der Waals surface area contributed by atoms with E-state index >= 15 is 0 Å². The Labute approximate surface area is 207 Å². The molecule has 3 rings (SSSR count). The lowest BCUT2D eigenvalue weighted by Gasteiger charge is -2.12. The van der Waals surface area contributed by atoms with Crippen LogP contribution in [0.5, 0.6) is 0 Å². The highest BCUT2D eigenvalue weighted by Crippen LogP contribution is 2.31. The van der Waals surface area contributed by atoms with Gasteiger partial charge in [0, 0.05) is 23.4 Å². The van der Waals surface area contributed by atoms with E-state index < -0.39 is 22.1 Å². The number of aryl methyl sites for hydroxylation is 2. The van der Waals surface area contributed by atoms with E-state index in [1.54, 1.807) is 23.6 Å². The second kappa shape index (κ2) is 11.4. The van der Waals surface area contributed by atoms with E-state index in [4.69, 9.17) is 10.2 Å². The molecular formula is C24H26N2O7S2. The number of hydrogen-bond acceptors (Lipinski definition) is 6. The Kier molecular flexibility index (Phi) is 8.60. The lowest BCUT2D eigenvalue weighted by Crippen LogP contribution is -2.09.